The molecule has 9 nitrogen and oxygen atoms in total. The normalized spacial score (nSPS) is 19.8. The van der Waals surface area contributed by atoms with Crippen LogP contribution < -0.4 is 16.2 Å². The number of aryl methyl sites for hydroxylation is 1. The molecule has 1 fully saturated rings. The average molecular weight is 478 g/mol. The van der Waals surface area contributed by atoms with E-state index in [1.54, 1.807) is 7.05 Å². The summed E-state index contributed by atoms with van der Waals surface area (Å²) in [4.78, 5) is 29.2. The summed E-state index contributed by atoms with van der Waals surface area (Å²) in [6, 6.07) is 3.81. The molecule has 0 saturated heterocycles. The first-order valence-electron chi connectivity index (χ1n) is 10.9. The van der Waals surface area contributed by atoms with E-state index in [2.05, 4.69) is 20.7 Å². The van der Waals surface area contributed by atoms with Crippen LogP contribution in [-0.2, 0) is 18.0 Å². The molecule has 1 unspecified atom stereocenters. The zero-order valence-corrected chi connectivity index (χ0v) is 18.4. The Hall–Kier alpha value is -3.25. The number of carbonyl (C=O) groups is 1. The number of aliphatic hydroxyl groups excluding tert-OH is 1. The van der Waals surface area contributed by atoms with Gasteiger partial charge in [0.05, 0.1) is 18.0 Å². The summed E-state index contributed by atoms with van der Waals surface area (Å²) < 4.78 is 40.9. The van der Waals surface area contributed by atoms with E-state index in [1.807, 2.05) is 0 Å². The number of fused-ring (bicyclic) bond motifs is 1. The summed E-state index contributed by atoms with van der Waals surface area (Å²) >= 11 is 0. The van der Waals surface area contributed by atoms with E-state index in [-0.39, 0.29) is 35.5 Å². The quantitative estimate of drug-likeness (QED) is 0.447. The van der Waals surface area contributed by atoms with Crippen molar-refractivity contribution in [3.05, 3.63) is 46.5 Å². The van der Waals surface area contributed by atoms with Crippen molar-refractivity contribution in [1.29, 1.82) is 0 Å². The van der Waals surface area contributed by atoms with Crippen molar-refractivity contribution in [3.63, 3.8) is 0 Å². The van der Waals surface area contributed by atoms with Crippen LogP contribution >= 0.6 is 0 Å². The van der Waals surface area contributed by atoms with Gasteiger partial charge in [0.15, 0.2) is 11.3 Å². The number of nitrogens with zero attached hydrogens (tertiary/aromatic N) is 4. The van der Waals surface area contributed by atoms with Crippen LogP contribution in [0.25, 0.3) is 11.0 Å². The lowest BCUT2D eigenvalue weighted by Gasteiger charge is -2.27. The van der Waals surface area contributed by atoms with Gasteiger partial charge in [-0.15, -0.1) is 0 Å². The molecular weight excluding hydrogens is 453 g/mol. The number of alkyl halides is 3. The van der Waals surface area contributed by atoms with E-state index in [9.17, 15) is 27.9 Å². The summed E-state index contributed by atoms with van der Waals surface area (Å²) in [7, 11) is 1.55. The van der Waals surface area contributed by atoms with Crippen molar-refractivity contribution >= 4 is 28.8 Å². The second-order valence-electron chi connectivity index (χ2n) is 8.44. The zero-order chi connectivity index (χ0) is 24.5. The molecule has 1 saturated carbocycles. The summed E-state index contributed by atoms with van der Waals surface area (Å²) in [6.07, 6.45) is 0.197. The monoisotopic (exact) mass is 478 g/mol. The maximum absolute atomic E-state index is 13.2. The molecule has 0 aliphatic heterocycles. The van der Waals surface area contributed by atoms with Crippen molar-refractivity contribution in [1.82, 2.24) is 24.6 Å². The minimum absolute atomic E-state index is 0.157. The Balaban J connectivity index is 1.55. The van der Waals surface area contributed by atoms with E-state index in [0.29, 0.717) is 24.8 Å². The fourth-order valence-corrected chi connectivity index (χ4v) is 4.15. The van der Waals surface area contributed by atoms with Crippen LogP contribution in [0.2, 0.25) is 0 Å². The van der Waals surface area contributed by atoms with Gasteiger partial charge in [-0.25, -0.2) is 4.98 Å². The van der Waals surface area contributed by atoms with Crippen LogP contribution in [0.1, 0.15) is 37.3 Å². The molecule has 12 heteroatoms. The smallest absolute Gasteiger partial charge is 0.393 e. The van der Waals surface area contributed by atoms with Gasteiger partial charge in [-0.05, 0) is 49.9 Å². The standard InChI is InChI=1S/C22H25F3N6O3/c1-30-19-18(20(29-30)28-15-4-2-13(3-5-15)22(23,24)25)27-12-31(21(19)34)16(11-32)10-26-14-6-8-17(33)9-7-14/h2-5,11-12,14,16-17,26,33H,6-10H2,1H3,(H,28,29). The molecule has 0 radical (unpaired) electrons. The number of halogens is 3. The van der Waals surface area contributed by atoms with Crippen LogP contribution in [0.5, 0.6) is 0 Å². The third kappa shape index (κ3) is 4.97. The van der Waals surface area contributed by atoms with Crippen molar-refractivity contribution in [3.8, 4) is 0 Å². The summed E-state index contributed by atoms with van der Waals surface area (Å²) in [5.41, 5.74) is -0.486. The Bertz CT molecular complexity index is 1210. The molecule has 1 aliphatic carbocycles. The predicted octanol–water partition coefficient (Wildman–Crippen LogP) is 2.53. The Morgan fingerprint density at radius 1 is 1.21 bits per heavy atom. The van der Waals surface area contributed by atoms with Gasteiger partial charge < -0.3 is 20.5 Å². The minimum atomic E-state index is -4.44. The van der Waals surface area contributed by atoms with E-state index in [0.717, 1.165) is 25.0 Å². The van der Waals surface area contributed by atoms with Gasteiger partial charge in [0.25, 0.3) is 5.56 Å². The van der Waals surface area contributed by atoms with Crippen LogP contribution in [0, 0.1) is 0 Å². The highest BCUT2D eigenvalue weighted by atomic mass is 19.4. The minimum Gasteiger partial charge on any atom is -0.393 e. The first-order chi connectivity index (χ1) is 16.2. The molecule has 4 rings (SSSR count). The molecule has 1 aliphatic rings. The van der Waals surface area contributed by atoms with Gasteiger partial charge in [-0.2, -0.15) is 18.3 Å². The fraction of sp³-hybridized carbons (Fsp3) is 0.455. The molecule has 2 aromatic heterocycles. The van der Waals surface area contributed by atoms with E-state index in [4.69, 9.17) is 0 Å². The van der Waals surface area contributed by atoms with Crippen molar-refractivity contribution in [2.45, 2.75) is 50.0 Å². The molecule has 1 aromatic carbocycles. The number of anilines is 2. The molecule has 1 atom stereocenters. The van der Waals surface area contributed by atoms with E-state index < -0.39 is 23.3 Å². The second kappa shape index (κ2) is 9.55. The number of carbonyl (C=O) groups excluding carboxylic acids is 1. The Labute approximate surface area is 192 Å². The average Bonchev–Trinajstić information content (AvgIpc) is 3.12. The van der Waals surface area contributed by atoms with Gasteiger partial charge in [0, 0.05) is 25.3 Å². The summed E-state index contributed by atoms with van der Waals surface area (Å²) in [5.74, 6) is 0.211. The van der Waals surface area contributed by atoms with E-state index >= 15 is 0 Å². The molecule has 2 heterocycles. The fourth-order valence-electron chi connectivity index (χ4n) is 4.15. The van der Waals surface area contributed by atoms with Crippen LogP contribution in [0.3, 0.4) is 0 Å². The number of nitrogens with one attached hydrogen (secondary N) is 2. The largest absolute Gasteiger partial charge is 0.416 e. The van der Waals surface area contributed by atoms with E-state index in [1.165, 1.54) is 27.7 Å². The third-order valence-electron chi connectivity index (χ3n) is 6.07. The topological polar surface area (TPSA) is 114 Å². The lowest BCUT2D eigenvalue weighted by atomic mass is 9.93. The number of rotatable bonds is 7. The maximum atomic E-state index is 13.2. The first kappa shape index (κ1) is 23.9. The van der Waals surface area contributed by atoms with Crippen molar-refractivity contribution < 1.29 is 23.1 Å². The first-order valence-corrected chi connectivity index (χ1v) is 10.9. The lowest BCUT2D eigenvalue weighted by molar-refractivity contribution is -0.137. The lowest BCUT2D eigenvalue weighted by Crippen LogP contribution is -2.40. The molecule has 0 amide bonds. The summed E-state index contributed by atoms with van der Waals surface area (Å²) in [5, 5.41) is 20.1. The van der Waals surface area contributed by atoms with Crippen molar-refractivity contribution in [2.24, 2.45) is 7.05 Å². The predicted molar refractivity (Wildman–Crippen MR) is 119 cm³/mol. The number of benzene rings is 1. The zero-order valence-electron chi connectivity index (χ0n) is 18.4. The van der Waals surface area contributed by atoms with Crippen LogP contribution in [0.15, 0.2) is 35.4 Å². The van der Waals surface area contributed by atoms with Gasteiger partial charge in [-0.3, -0.25) is 14.0 Å². The second-order valence-corrected chi connectivity index (χ2v) is 8.44. The highest BCUT2D eigenvalue weighted by Gasteiger charge is 2.30. The van der Waals surface area contributed by atoms with Crippen LogP contribution in [0.4, 0.5) is 24.7 Å². The van der Waals surface area contributed by atoms with Gasteiger partial charge in [0.2, 0.25) is 0 Å². The Morgan fingerprint density at radius 2 is 1.88 bits per heavy atom. The van der Waals surface area contributed by atoms with Gasteiger partial charge >= 0.3 is 6.18 Å². The number of hydrogen-bond acceptors (Lipinski definition) is 7. The SMILES string of the molecule is Cn1nc(Nc2ccc(C(F)(F)F)cc2)c2ncn(C(C=O)CNC3CCC(O)CC3)c(=O)c21. The van der Waals surface area contributed by atoms with Crippen LogP contribution in [-0.4, -0.2) is 49.4 Å². The van der Waals surface area contributed by atoms with Gasteiger partial charge in [0.1, 0.15) is 17.8 Å². The number of hydrogen-bond donors (Lipinski definition) is 3. The Kier molecular flexibility index (Phi) is 6.71. The molecule has 3 N–H and O–H groups in total. The molecule has 182 valence electrons. The molecule has 0 bridgehead atoms. The number of aldehydes is 1. The number of aliphatic hydroxyl groups is 1. The molecule has 34 heavy (non-hydrogen) atoms. The number of aromatic nitrogens is 4. The van der Waals surface area contributed by atoms with Crippen molar-refractivity contribution in [2.75, 3.05) is 11.9 Å². The van der Waals surface area contributed by atoms with Gasteiger partial charge in [-0.1, -0.05) is 0 Å². The third-order valence-corrected chi connectivity index (χ3v) is 6.07. The molecule has 0 spiro atoms. The molecular formula is C22H25F3N6O3. The Morgan fingerprint density at radius 3 is 2.50 bits per heavy atom. The highest BCUT2D eigenvalue weighted by Crippen LogP contribution is 2.31. The highest BCUT2D eigenvalue weighted by molar-refractivity contribution is 5.87. The molecule has 3 aromatic rings. The summed E-state index contributed by atoms with van der Waals surface area (Å²) in [6.45, 7) is 0.242. The maximum Gasteiger partial charge on any atom is 0.416 e.